The Kier molecular flexibility index (Phi) is 58.9. The van der Waals surface area contributed by atoms with E-state index in [2.05, 4.69) is 22.6 Å². The molecule has 3 heteroatoms. The van der Waals surface area contributed by atoms with E-state index in [0.717, 1.165) is 0 Å². The molecule has 0 amide bonds. The van der Waals surface area contributed by atoms with E-state index < -0.39 is 0 Å². The molecule has 28 valence electrons. The Morgan fingerprint density at radius 3 is 1.60 bits per heavy atom. The summed E-state index contributed by atoms with van der Waals surface area (Å²) in [5.41, 5.74) is 0. The minimum absolute atomic E-state index is 0. The molecule has 0 aliphatic carbocycles. The van der Waals surface area contributed by atoms with E-state index in [4.69, 9.17) is 0 Å². The first-order valence-electron chi connectivity index (χ1n) is 0.796. The molecule has 0 spiro atoms. The molecule has 0 aromatic carbocycles. The SMILES string of the molecule is C[CH-]I.[B].[V]. The predicted molar refractivity (Wildman–Crippen MR) is 29.7 cm³/mol. The minimum atomic E-state index is 0. The van der Waals surface area contributed by atoms with Crippen molar-refractivity contribution in [3.05, 3.63) is 4.43 Å². The quantitative estimate of drug-likeness (QED) is 0.325. The first-order valence-corrected chi connectivity index (χ1v) is 2.04. The molecule has 0 saturated heterocycles. The molecule has 0 N–H and O–H groups in total. The third kappa shape index (κ3) is 32.3. The van der Waals surface area contributed by atoms with Crippen LogP contribution in [-0.2, 0) is 18.6 Å². The number of hydrogen-bond donors (Lipinski definition) is 0. The average Bonchev–Trinajstić information content (AvgIpc) is 0.918. The third-order valence-corrected chi connectivity index (χ3v) is 0. The average molecular weight is 217 g/mol. The zero-order valence-corrected chi connectivity index (χ0v) is 6.53. The fraction of sp³-hybridized carbons (Fsp3) is 0.500. The largest absolute Gasteiger partial charge is 0.316 e. The van der Waals surface area contributed by atoms with Crippen molar-refractivity contribution in [2.24, 2.45) is 0 Å². The Morgan fingerprint density at radius 2 is 1.60 bits per heavy atom. The van der Waals surface area contributed by atoms with Gasteiger partial charge < -0.3 is 22.6 Å². The summed E-state index contributed by atoms with van der Waals surface area (Å²) in [5, 5.41) is 0. The summed E-state index contributed by atoms with van der Waals surface area (Å²) in [4.78, 5) is 0. The molecular formula is C2H4BIV-. The van der Waals surface area contributed by atoms with Crippen molar-refractivity contribution in [2.75, 3.05) is 0 Å². The Hall–Kier alpha value is 1.38. The Morgan fingerprint density at radius 1 is 1.60 bits per heavy atom. The number of hydrogen-bond acceptors (Lipinski definition) is 0. The van der Waals surface area contributed by atoms with E-state index in [1.807, 2.05) is 11.4 Å². The van der Waals surface area contributed by atoms with E-state index in [1.165, 1.54) is 0 Å². The first-order chi connectivity index (χ1) is 1.41. The molecule has 0 aliphatic heterocycles. The summed E-state index contributed by atoms with van der Waals surface area (Å²) in [5.74, 6) is 0. The van der Waals surface area contributed by atoms with Gasteiger partial charge in [0.15, 0.2) is 0 Å². The molecule has 4 radical (unpaired) electrons. The molecule has 0 rings (SSSR count). The Labute approximate surface area is 60.7 Å². The molecule has 0 atom stereocenters. The zero-order valence-electron chi connectivity index (χ0n) is 2.98. The summed E-state index contributed by atoms with van der Waals surface area (Å²) in [6.45, 7) is 1.99. The molecule has 0 aromatic heterocycles. The van der Waals surface area contributed by atoms with Crippen LogP contribution in [0.2, 0.25) is 0 Å². The summed E-state index contributed by atoms with van der Waals surface area (Å²) in [6, 6.07) is 0. The van der Waals surface area contributed by atoms with E-state index in [9.17, 15) is 0 Å². The molecule has 0 aliphatic rings. The van der Waals surface area contributed by atoms with Gasteiger partial charge in [-0.15, -0.1) is 0 Å². The second-order valence-corrected chi connectivity index (χ2v) is 1.46. The number of halogens is 1. The summed E-state index contributed by atoms with van der Waals surface area (Å²) < 4.78 is 1.97. The van der Waals surface area contributed by atoms with Gasteiger partial charge in [0.1, 0.15) is 0 Å². The predicted octanol–water partition coefficient (Wildman–Crippen LogP) is 1.22. The molecule has 0 heterocycles. The number of rotatable bonds is 0. The fourth-order valence-electron chi connectivity index (χ4n) is 0. The van der Waals surface area contributed by atoms with Crippen LogP contribution in [0, 0.1) is 4.43 Å². The van der Waals surface area contributed by atoms with E-state index >= 15 is 0 Å². The van der Waals surface area contributed by atoms with Crippen LogP contribution in [0.1, 0.15) is 6.92 Å². The van der Waals surface area contributed by atoms with E-state index in [1.54, 1.807) is 0 Å². The second kappa shape index (κ2) is 18.2. The van der Waals surface area contributed by atoms with Gasteiger partial charge in [-0.2, -0.15) is 6.92 Å². The minimum Gasteiger partial charge on any atom is -0.316 e. The normalized spacial score (nSPS) is 3.60. The van der Waals surface area contributed by atoms with Crippen molar-refractivity contribution in [1.29, 1.82) is 0 Å². The van der Waals surface area contributed by atoms with Gasteiger partial charge in [0.05, 0.1) is 0 Å². The third-order valence-electron chi connectivity index (χ3n) is 0. The van der Waals surface area contributed by atoms with Gasteiger partial charge in [-0.3, -0.25) is 4.43 Å². The fourth-order valence-corrected chi connectivity index (χ4v) is 0. The topological polar surface area (TPSA) is 0 Å². The van der Waals surface area contributed by atoms with Crippen molar-refractivity contribution in [1.82, 2.24) is 0 Å². The van der Waals surface area contributed by atoms with Crippen LogP contribution in [0.15, 0.2) is 0 Å². The van der Waals surface area contributed by atoms with Crippen LogP contribution >= 0.6 is 22.6 Å². The van der Waals surface area contributed by atoms with Crippen LogP contribution in [-0.4, -0.2) is 8.41 Å². The molecule has 0 fully saturated rings. The van der Waals surface area contributed by atoms with Gasteiger partial charge in [-0.05, 0) is 0 Å². The maximum absolute atomic E-state index is 2.16. The van der Waals surface area contributed by atoms with Crippen LogP contribution in [0.4, 0.5) is 0 Å². The van der Waals surface area contributed by atoms with Crippen LogP contribution in [0.25, 0.3) is 0 Å². The first kappa shape index (κ1) is 16.2. The van der Waals surface area contributed by atoms with Gasteiger partial charge in [0.25, 0.3) is 0 Å². The van der Waals surface area contributed by atoms with Crippen molar-refractivity contribution < 1.29 is 18.6 Å². The molecule has 0 unspecified atom stereocenters. The van der Waals surface area contributed by atoms with E-state index in [0.29, 0.717) is 0 Å². The van der Waals surface area contributed by atoms with Gasteiger partial charge in [-0.1, -0.05) is 0 Å². The Balaban J connectivity index is -0.0000000200. The standard InChI is InChI=1S/C2H4I.B.V/c1-2-3;;/h2H,1H3;;/q-1;;. The Bertz CT molecular complexity index is 9.61. The monoisotopic (exact) mass is 217 g/mol. The smallest absolute Gasteiger partial charge is 0 e. The van der Waals surface area contributed by atoms with Crippen molar-refractivity contribution in [3.8, 4) is 0 Å². The molecular weight excluding hydrogens is 213 g/mol. The maximum atomic E-state index is 2.16. The van der Waals surface area contributed by atoms with Gasteiger partial charge in [-0.25, -0.2) is 0 Å². The zero-order chi connectivity index (χ0) is 2.71. The van der Waals surface area contributed by atoms with Crippen molar-refractivity contribution in [3.63, 3.8) is 0 Å². The summed E-state index contributed by atoms with van der Waals surface area (Å²) >= 11 is 2.16. The maximum Gasteiger partial charge on any atom is 0 e. The second-order valence-electron chi connectivity index (χ2n) is 0.218. The van der Waals surface area contributed by atoms with Crippen molar-refractivity contribution >= 4 is 31.0 Å². The van der Waals surface area contributed by atoms with Gasteiger partial charge >= 0.3 is 0 Å². The van der Waals surface area contributed by atoms with Crippen LogP contribution in [0.3, 0.4) is 0 Å². The molecule has 0 aromatic rings. The van der Waals surface area contributed by atoms with Gasteiger partial charge in [0.2, 0.25) is 0 Å². The molecule has 5 heavy (non-hydrogen) atoms. The molecule has 0 saturated carbocycles. The van der Waals surface area contributed by atoms with Gasteiger partial charge in [0, 0.05) is 27.0 Å². The summed E-state index contributed by atoms with van der Waals surface area (Å²) in [6.07, 6.45) is 0. The van der Waals surface area contributed by atoms with Crippen molar-refractivity contribution in [2.45, 2.75) is 6.92 Å². The summed E-state index contributed by atoms with van der Waals surface area (Å²) in [7, 11) is 0. The van der Waals surface area contributed by atoms with Crippen LogP contribution in [0.5, 0.6) is 0 Å². The van der Waals surface area contributed by atoms with Crippen LogP contribution < -0.4 is 0 Å². The molecule has 0 bridgehead atoms. The van der Waals surface area contributed by atoms with E-state index in [-0.39, 0.29) is 27.0 Å². The molecule has 0 nitrogen and oxygen atoms in total.